The van der Waals surface area contributed by atoms with Crippen molar-refractivity contribution in [3.8, 4) is 0 Å². The molecule has 2 aromatic carbocycles. The highest BCUT2D eigenvalue weighted by Gasteiger charge is 2.16. The molecule has 0 aliphatic carbocycles. The lowest BCUT2D eigenvalue weighted by Gasteiger charge is -2.22. The number of benzene rings is 2. The first kappa shape index (κ1) is 16.1. The third-order valence-electron chi connectivity index (χ3n) is 3.87. The zero-order valence-corrected chi connectivity index (χ0v) is 14.1. The van der Waals surface area contributed by atoms with Gasteiger partial charge in [-0.15, -0.1) is 0 Å². The molecule has 0 amide bonds. The first-order valence-electron chi connectivity index (χ1n) is 7.59. The Morgan fingerprint density at radius 3 is 2.29 bits per heavy atom. The van der Waals surface area contributed by atoms with Gasteiger partial charge in [0, 0.05) is 5.02 Å². The van der Waals surface area contributed by atoms with Crippen LogP contribution >= 0.6 is 11.6 Å². The van der Waals surface area contributed by atoms with E-state index in [2.05, 4.69) is 69.4 Å². The van der Waals surface area contributed by atoms with Crippen LogP contribution in [0.5, 0.6) is 0 Å². The first-order valence-corrected chi connectivity index (χ1v) is 7.97. The maximum Gasteiger partial charge on any atom is 0.0579 e. The molecular weight excluding hydrogens is 278 g/mol. The summed E-state index contributed by atoms with van der Waals surface area (Å²) in [5.41, 5.74) is 6.28. The van der Waals surface area contributed by atoms with E-state index >= 15 is 0 Å². The Morgan fingerprint density at radius 2 is 1.67 bits per heavy atom. The second-order valence-corrected chi connectivity index (χ2v) is 6.16. The lowest BCUT2D eigenvalue weighted by molar-refractivity contribution is 0.596. The van der Waals surface area contributed by atoms with Crippen molar-refractivity contribution >= 4 is 11.6 Å². The van der Waals surface area contributed by atoms with Crippen LogP contribution in [0.2, 0.25) is 5.02 Å². The van der Waals surface area contributed by atoms with Crippen LogP contribution in [0.25, 0.3) is 0 Å². The molecule has 1 atom stereocenters. The third kappa shape index (κ3) is 3.87. The second-order valence-electron chi connectivity index (χ2n) is 5.76. The highest BCUT2D eigenvalue weighted by molar-refractivity contribution is 6.31. The molecule has 0 aliphatic rings. The second kappa shape index (κ2) is 7.11. The Balaban J connectivity index is 2.45. The van der Waals surface area contributed by atoms with Gasteiger partial charge in [-0.25, -0.2) is 0 Å². The smallest absolute Gasteiger partial charge is 0.0579 e. The van der Waals surface area contributed by atoms with Crippen LogP contribution in [0.1, 0.15) is 47.2 Å². The summed E-state index contributed by atoms with van der Waals surface area (Å²) in [7, 11) is 0. The van der Waals surface area contributed by atoms with Crippen LogP contribution in [-0.4, -0.2) is 6.54 Å². The molecule has 1 unspecified atom stereocenters. The van der Waals surface area contributed by atoms with E-state index in [-0.39, 0.29) is 6.04 Å². The van der Waals surface area contributed by atoms with E-state index in [4.69, 9.17) is 11.6 Å². The minimum Gasteiger partial charge on any atom is -0.306 e. The lowest BCUT2D eigenvalue weighted by Crippen LogP contribution is -2.24. The van der Waals surface area contributed by atoms with Crippen molar-refractivity contribution < 1.29 is 0 Å². The van der Waals surface area contributed by atoms with E-state index in [0.717, 1.165) is 23.6 Å². The largest absolute Gasteiger partial charge is 0.306 e. The zero-order chi connectivity index (χ0) is 15.4. The van der Waals surface area contributed by atoms with E-state index < -0.39 is 0 Å². The van der Waals surface area contributed by atoms with Gasteiger partial charge in [0.1, 0.15) is 0 Å². The number of aryl methyl sites for hydroxylation is 3. The van der Waals surface area contributed by atoms with Crippen LogP contribution in [0.4, 0.5) is 0 Å². The van der Waals surface area contributed by atoms with Gasteiger partial charge in [0.05, 0.1) is 6.04 Å². The summed E-state index contributed by atoms with van der Waals surface area (Å²) in [5, 5.41) is 4.51. The fourth-order valence-corrected chi connectivity index (χ4v) is 2.79. The SMILES string of the molecule is CCCNC(c1ccc(C)cc1)c1cc(C)c(Cl)cc1C. The van der Waals surface area contributed by atoms with Gasteiger partial charge in [0.25, 0.3) is 0 Å². The molecule has 2 heteroatoms. The van der Waals surface area contributed by atoms with Gasteiger partial charge in [-0.2, -0.15) is 0 Å². The van der Waals surface area contributed by atoms with Crippen LogP contribution in [0.3, 0.4) is 0 Å². The summed E-state index contributed by atoms with van der Waals surface area (Å²) in [6.45, 7) is 9.52. The summed E-state index contributed by atoms with van der Waals surface area (Å²) >= 11 is 6.24. The monoisotopic (exact) mass is 301 g/mol. The number of nitrogens with one attached hydrogen (secondary N) is 1. The van der Waals surface area contributed by atoms with Crippen molar-refractivity contribution in [2.75, 3.05) is 6.54 Å². The van der Waals surface area contributed by atoms with E-state index in [9.17, 15) is 0 Å². The van der Waals surface area contributed by atoms with Crippen LogP contribution < -0.4 is 5.32 Å². The zero-order valence-electron chi connectivity index (χ0n) is 13.3. The first-order chi connectivity index (χ1) is 10.0. The Kier molecular flexibility index (Phi) is 5.44. The number of halogens is 1. The Labute approximate surface area is 133 Å². The summed E-state index contributed by atoms with van der Waals surface area (Å²) in [6.07, 6.45) is 1.12. The molecule has 0 radical (unpaired) electrons. The van der Waals surface area contributed by atoms with Crippen molar-refractivity contribution in [1.29, 1.82) is 0 Å². The lowest BCUT2D eigenvalue weighted by atomic mass is 9.93. The third-order valence-corrected chi connectivity index (χ3v) is 4.27. The van der Waals surface area contributed by atoms with Crippen LogP contribution in [-0.2, 0) is 0 Å². The standard InChI is InChI=1S/C19H24ClN/c1-5-10-21-19(16-8-6-13(2)7-9-16)17-11-15(4)18(20)12-14(17)3/h6-9,11-12,19,21H,5,10H2,1-4H3. The normalized spacial score (nSPS) is 12.4. The predicted octanol–water partition coefficient (Wildman–Crippen LogP) is 5.35. The molecule has 0 saturated heterocycles. The average molecular weight is 302 g/mol. The van der Waals surface area contributed by atoms with Gasteiger partial charge >= 0.3 is 0 Å². The molecule has 0 bridgehead atoms. The van der Waals surface area contributed by atoms with Crippen LogP contribution in [0, 0.1) is 20.8 Å². The minimum atomic E-state index is 0.224. The maximum atomic E-state index is 6.24. The fraction of sp³-hybridized carbons (Fsp3) is 0.368. The van der Waals surface area contributed by atoms with Gasteiger partial charge in [-0.05, 0) is 62.1 Å². The fourth-order valence-electron chi connectivity index (χ4n) is 2.57. The van der Waals surface area contributed by atoms with Crippen molar-refractivity contribution in [2.24, 2.45) is 0 Å². The molecule has 21 heavy (non-hydrogen) atoms. The van der Waals surface area contributed by atoms with Crippen LogP contribution in [0.15, 0.2) is 36.4 Å². The van der Waals surface area contributed by atoms with Crippen molar-refractivity contribution in [3.05, 3.63) is 69.2 Å². The molecule has 0 heterocycles. The summed E-state index contributed by atoms with van der Waals surface area (Å²) < 4.78 is 0. The van der Waals surface area contributed by atoms with Gasteiger partial charge in [0.2, 0.25) is 0 Å². The average Bonchev–Trinajstić information content (AvgIpc) is 2.46. The highest BCUT2D eigenvalue weighted by Crippen LogP contribution is 2.29. The molecule has 0 saturated carbocycles. The molecule has 1 nitrogen and oxygen atoms in total. The summed E-state index contributed by atoms with van der Waals surface area (Å²) in [5.74, 6) is 0. The van der Waals surface area contributed by atoms with E-state index in [1.54, 1.807) is 0 Å². The van der Waals surface area contributed by atoms with E-state index in [1.165, 1.54) is 22.3 Å². The van der Waals surface area contributed by atoms with Gasteiger partial charge in [-0.3, -0.25) is 0 Å². The molecule has 0 fully saturated rings. The number of rotatable bonds is 5. The quantitative estimate of drug-likeness (QED) is 0.784. The van der Waals surface area contributed by atoms with Crippen molar-refractivity contribution in [1.82, 2.24) is 5.32 Å². The summed E-state index contributed by atoms with van der Waals surface area (Å²) in [6, 6.07) is 13.3. The van der Waals surface area contributed by atoms with Gasteiger partial charge in [-0.1, -0.05) is 54.4 Å². The van der Waals surface area contributed by atoms with E-state index in [0.29, 0.717) is 0 Å². The molecule has 112 valence electrons. The molecule has 0 aromatic heterocycles. The Morgan fingerprint density at radius 1 is 1.00 bits per heavy atom. The molecule has 0 aliphatic heterocycles. The minimum absolute atomic E-state index is 0.224. The van der Waals surface area contributed by atoms with Crippen molar-refractivity contribution in [2.45, 2.75) is 40.2 Å². The molecule has 2 rings (SSSR count). The molecule has 2 aromatic rings. The number of hydrogen-bond donors (Lipinski definition) is 1. The summed E-state index contributed by atoms with van der Waals surface area (Å²) in [4.78, 5) is 0. The maximum absolute atomic E-state index is 6.24. The molecular formula is C19H24ClN. The Bertz CT molecular complexity index is 602. The molecule has 1 N–H and O–H groups in total. The topological polar surface area (TPSA) is 12.0 Å². The predicted molar refractivity (Wildman–Crippen MR) is 92.2 cm³/mol. The van der Waals surface area contributed by atoms with Gasteiger partial charge < -0.3 is 5.32 Å². The molecule has 0 spiro atoms. The van der Waals surface area contributed by atoms with E-state index in [1.807, 2.05) is 0 Å². The highest BCUT2D eigenvalue weighted by atomic mass is 35.5. The van der Waals surface area contributed by atoms with Crippen molar-refractivity contribution in [3.63, 3.8) is 0 Å². The Hall–Kier alpha value is -1.31. The number of hydrogen-bond acceptors (Lipinski definition) is 1. The van der Waals surface area contributed by atoms with Gasteiger partial charge in [0.15, 0.2) is 0 Å².